The zero-order chi connectivity index (χ0) is 11.1. The van der Waals surface area contributed by atoms with Crippen molar-refractivity contribution in [1.29, 1.82) is 0 Å². The highest BCUT2D eigenvalue weighted by Crippen LogP contribution is 2.20. The van der Waals surface area contributed by atoms with Crippen LogP contribution in [0.2, 0.25) is 5.02 Å². The quantitative estimate of drug-likeness (QED) is 0.618. The van der Waals surface area contributed by atoms with Crippen LogP contribution in [-0.4, -0.2) is 25.6 Å². The zero-order valence-corrected chi connectivity index (χ0v) is 9.73. The Morgan fingerprint density at radius 1 is 1.27 bits per heavy atom. The van der Waals surface area contributed by atoms with Crippen LogP contribution in [-0.2, 0) is 4.74 Å². The average Bonchev–Trinajstić information content (AvgIpc) is 2.23. The van der Waals surface area contributed by atoms with Gasteiger partial charge in [0.25, 0.3) is 0 Å². The van der Waals surface area contributed by atoms with Crippen LogP contribution in [0.25, 0.3) is 0 Å². The van der Waals surface area contributed by atoms with E-state index in [4.69, 9.17) is 21.1 Å². The van der Waals surface area contributed by atoms with Gasteiger partial charge in [0.15, 0.2) is 0 Å². The van der Waals surface area contributed by atoms with Gasteiger partial charge < -0.3 is 9.47 Å². The highest BCUT2D eigenvalue weighted by Gasteiger charge is 2.01. The van der Waals surface area contributed by atoms with Crippen molar-refractivity contribution in [3.63, 3.8) is 0 Å². The lowest BCUT2D eigenvalue weighted by molar-refractivity contribution is 0.112. The van der Waals surface area contributed by atoms with Crippen LogP contribution in [0.3, 0.4) is 0 Å². The van der Waals surface area contributed by atoms with E-state index in [-0.39, 0.29) is 5.02 Å². The Balaban J connectivity index is 2.28. The number of hydrogen-bond donors (Lipinski definition) is 1. The number of thiol groups is 1. The topological polar surface area (TPSA) is 18.5 Å². The molecule has 1 rings (SSSR count). The first kappa shape index (κ1) is 12.6. The van der Waals surface area contributed by atoms with Crippen LogP contribution in [0.1, 0.15) is 0 Å². The zero-order valence-electron chi connectivity index (χ0n) is 8.08. The van der Waals surface area contributed by atoms with Gasteiger partial charge in [0, 0.05) is 11.8 Å². The predicted octanol–water partition coefficient (Wildman–Crippen LogP) is 2.80. The summed E-state index contributed by atoms with van der Waals surface area (Å²) in [7, 11) is 0. The lowest BCUT2D eigenvalue weighted by atomic mass is 10.3. The molecule has 0 atom stereocenters. The fraction of sp³-hybridized carbons (Fsp3) is 0.400. The molecular weight excluding hydrogens is 239 g/mol. The van der Waals surface area contributed by atoms with Crippen LogP contribution < -0.4 is 4.74 Å². The molecule has 0 saturated heterocycles. The molecule has 5 heteroatoms. The van der Waals surface area contributed by atoms with Gasteiger partial charge in [-0.25, -0.2) is 4.39 Å². The normalized spacial score (nSPS) is 10.3. The SMILES string of the molecule is Fc1cc(OCCOCCS)ccc1Cl. The van der Waals surface area contributed by atoms with Crippen LogP contribution in [0.4, 0.5) is 4.39 Å². The van der Waals surface area contributed by atoms with E-state index in [9.17, 15) is 4.39 Å². The second kappa shape index (κ2) is 6.93. The maximum absolute atomic E-state index is 13.0. The Morgan fingerprint density at radius 2 is 2.07 bits per heavy atom. The van der Waals surface area contributed by atoms with Gasteiger partial charge in [-0.05, 0) is 12.1 Å². The second-order valence-corrected chi connectivity index (χ2v) is 3.61. The fourth-order valence-electron chi connectivity index (χ4n) is 0.952. The molecule has 0 N–H and O–H groups in total. The second-order valence-electron chi connectivity index (χ2n) is 2.76. The van der Waals surface area contributed by atoms with Crippen molar-refractivity contribution in [2.75, 3.05) is 25.6 Å². The van der Waals surface area contributed by atoms with Crippen molar-refractivity contribution in [2.24, 2.45) is 0 Å². The smallest absolute Gasteiger partial charge is 0.145 e. The first-order chi connectivity index (χ1) is 7.24. The van der Waals surface area contributed by atoms with E-state index in [0.717, 1.165) is 0 Å². The van der Waals surface area contributed by atoms with Crippen molar-refractivity contribution < 1.29 is 13.9 Å². The van der Waals surface area contributed by atoms with Crippen molar-refractivity contribution in [3.8, 4) is 5.75 Å². The van der Waals surface area contributed by atoms with Crippen LogP contribution in [0.15, 0.2) is 18.2 Å². The lowest BCUT2D eigenvalue weighted by Gasteiger charge is -2.06. The van der Waals surface area contributed by atoms with Crippen LogP contribution in [0, 0.1) is 5.82 Å². The minimum Gasteiger partial charge on any atom is -0.491 e. The van der Waals surface area contributed by atoms with Gasteiger partial charge >= 0.3 is 0 Å². The van der Waals surface area contributed by atoms with Crippen LogP contribution >= 0.6 is 24.2 Å². The molecule has 0 bridgehead atoms. The fourth-order valence-corrected chi connectivity index (χ4v) is 1.20. The minimum atomic E-state index is -0.481. The molecule has 0 fully saturated rings. The van der Waals surface area contributed by atoms with E-state index < -0.39 is 5.82 Å². The summed E-state index contributed by atoms with van der Waals surface area (Å²) in [6, 6.07) is 4.33. The molecule has 0 aliphatic rings. The lowest BCUT2D eigenvalue weighted by Crippen LogP contribution is -2.08. The number of hydrogen-bond acceptors (Lipinski definition) is 3. The molecule has 0 aliphatic heterocycles. The third-order valence-corrected chi connectivity index (χ3v) is 2.11. The molecule has 0 aliphatic carbocycles. The summed E-state index contributed by atoms with van der Waals surface area (Å²) < 4.78 is 23.3. The summed E-state index contributed by atoms with van der Waals surface area (Å²) in [6.07, 6.45) is 0. The standard InChI is InChI=1S/C10H12ClFO2S/c11-9-2-1-8(7-10(9)12)14-4-3-13-5-6-15/h1-2,7,15H,3-6H2. The van der Waals surface area contributed by atoms with Gasteiger partial charge in [-0.15, -0.1) is 0 Å². The number of benzene rings is 1. The molecular formula is C10H12ClFO2S. The highest BCUT2D eigenvalue weighted by molar-refractivity contribution is 7.80. The Hall–Kier alpha value is -0.450. The molecule has 84 valence electrons. The molecule has 0 heterocycles. The average molecular weight is 251 g/mol. The third kappa shape index (κ3) is 4.73. The highest BCUT2D eigenvalue weighted by atomic mass is 35.5. The van der Waals surface area contributed by atoms with Crippen molar-refractivity contribution >= 4 is 24.2 Å². The molecule has 0 radical (unpaired) electrons. The van der Waals surface area contributed by atoms with E-state index in [1.54, 1.807) is 6.07 Å². The number of ether oxygens (including phenoxy) is 2. The summed E-state index contributed by atoms with van der Waals surface area (Å²) in [5.74, 6) is 0.645. The van der Waals surface area contributed by atoms with Crippen molar-refractivity contribution in [3.05, 3.63) is 29.0 Å². The summed E-state index contributed by atoms with van der Waals surface area (Å²) >= 11 is 9.51. The maximum Gasteiger partial charge on any atom is 0.145 e. The van der Waals surface area contributed by atoms with E-state index in [1.165, 1.54) is 12.1 Å². The van der Waals surface area contributed by atoms with Gasteiger partial charge in [-0.2, -0.15) is 12.6 Å². The summed E-state index contributed by atoms with van der Waals surface area (Å²) in [6.45, 7) is 1.43. The molecule has 0 saturated carbocycles. The molecule has 1 aromatic carbocycles. The molecule has 15 heavy (non-hydrogen) atoms. The Labute approximate surface area is 98.7 Å². The van der Waals surface area contributed by atoms with Gasteiger partial charge in [0.1, 0.15) is 18.2 Å². The third-order valence-electron chi connectivity index (χ3n) is 1.62. The molecule has 0 spiro atoms. The monoisotopic (exact) mass is 250 g/mol. The predicted molar refractivity (Wildman–Crippen MR) is 61.6 cm³/mol. The van der Waals surface area contributed by atoms with Gasteiger partial charge in [-0.1, -0.05) is 11.6 Å². The Bertz CT molecular complexity index is 309. The van der Waals surface area contributed by atoms with Crippen LogP contribution in [0.5, 0.6) is 5.75 Å². The Kier molecular flexibility index (Phi) is 5.83. The summed E-state index contributed by atoms with van der Waals surface area (Å²) in [4.78, 5) is 0. The van der Waals surface area contributed by atoms with E-state index in [0.29, 0.717) is 31.3 Å². The minimum absolute atomic E-state index is 0.0914. The number of rotatable bonds is 6. The molecule has 0 unspecified atom stereocenters. The van der Waals surface area contributed by atoms with Crippen molar-refractivity contribution in [2.45, 2.75) is 0 Å². The molecule has 1 aromatic rings. The van der Waals surface area contributed by atoms with Gasteiger partial charge in [0.05, 0.1) is 18.2 Å². The van der Waals surface area contributed by atoms with E-state index in [2.05, 4.69) is 12.6 Å². The summed E-state index contributed by atoms with van der Waals surface area (Å²) in [5.41, 5.74) is 0. The molecule has 0 amide bonds. The van der Waals surface area contributed by atoms with Crippen molar-refractivity contribution in [1.82, 2.24) is 0 Å². The van der Waals surface area contributed by atoms with E-state index >= 15 is 0 Å². The Morgan fingerprint density at radius 3 is 2.73 bits per heavy atom. The largest absolute Gasteiger partial charge is 0.491 e. The van der Waals surface area contributed by atoms with Gasteiger partial charge in [-0.3, -0.25) is 0 Å². The maximum atomic E-state index is 13.0. The molecule has 0 aromatic heterocycles. The first-order valence-corrected chi connectivity index (χ1v) is 5.51. The number of halogens is 2. The first-order valence-electron chi connectivity index (χ1n) is 4.50. The summed E-state index contributed by atoms with van der Waals surface area (Å²) in [5, 5.41) is 0.0914. The van der Waals surface area contributed by atoms with Gasteiger partial charge in [0.2, 0.25) is 0 Å². The van der Waals surface area contributed by atoms with E-state index in [1.807, 2.05) is 0 Å². The molecule has 2 nitrogen and oxygen atoms in total.